The minimum atomic E-state index is -0.223. The summed E-state index contributed by atoms with van der Waals surface area (Å²) in [7, 11) is 1.58. The van der Waals surface area contributed by atoms with Crippen molar-refractivity contribution in [2.75, 3.05) is 13.7 Å². The van der Waals surface area contributed by atoms with E-state index < -0.39 is 0 Å². The minimum Gasteiger partial charge on any atom is -0.493 e. The predicted octanol–water partition coefficient (Wildman–Crippen LogP) is 5.50. The van der Waals surface area contributed by atoms with E-state index in [9.17, 15) is 9.59 Å². The van der Waals surface area contributed by atoms with E-state index in [0.29, 0.717) is 29.6 Å². The number of rotatable bonds is 9. The van der Waals surface area contributed by atoms with Crippen LogP contribution in [0, 0.1) is 0 Å². The summed E-state index contributed by atoms with van der Waals surface area (Å²) in [5.41, 5.74) is 1.85. The summed E-state index contributed by atoms with van der Waals surface area (Å²) >= 11 is 0.986. The zero-order valence-electron chi connectivity index (χ0n) is 16.7. The van der Waals surface area contributed by atoms with Crippen LogP contribution >= 0.6 is 11.8 Å². The zero-order valence-corrected chi connectivity index (χ0v) is 17.5. The number of hydrogen-bond donors (Lipinski definition) is 0. The first-order valence-corrected chi connectivity index (χ1v) is 10.5. The summed E-state index contributed by atoms with van der Waals surface area (Å²) in [6.07, 6.45) is 4.62. The number of benzene rings is 2. The van der Waals surface area contributed by atoms with E-state index in [2.05, 4.69) is 6.92 Å². The maximum Gasteiger partial charge on any atom is 0.293 e. The SMILES string of the molecule is CCCCCN1C(=O)S/C(=C\c2ccc(OCc3ccccc3)c(OC)c2)C1=O. The number of unbranched alkanes of at least 4 members (excludes halogenated alkanes) is 2. The number of hydrogen-bond acceptors (Lipinski definition) is 5. The van der Waals surface area contributed by atoms with Gasteiger partial charge in [-0.25, -0.2) is 0 Å². The summed E-state index contributed by atoms with van der Waals surface area (Å²) in [6.45, 7) is 3.01. The molecule has 2 aromatic rings. The first-order chi connectivity index (χ1) is 14.1. The van der Waals surface area contributed by atoms with Gasteiger partial charge in [0.25, 0.3) is 11.1 Å². The molecule has 0 spiro atoms. The second-order valence-corrected chi connectivity index (χ2v) is 7.72. The molecular formula is C23H25NO4S. The van der Waals surface area contributed by atoms with E-state index >= 15 is 0 Å². The number of imide groups is 1. The van der Waals surface area contributed by atoms with E-state index in [0.717, 1.165) is 42.2 Å². The number of carbonyl (C=O) groups is 2. The van der Waals surface area contributed by atoms with Crippen molar-refractivity contribution in [2.24, 2.45) is 0 Å². The predicted molar refractivity (Wildman–Crippen MR) is 116 cm³/mol. The molecule has 0 N–H and O–H groups in total. The van der Waals surface area contributed by atoms with Gasteiger partial charge in [0.1, 0.15) is 6.61 Å². The highest BCUT2D eigenvalue weighted by atomic mass is 32.2. The average molecular weight is 412 g/mol. The Balaban J connectivity index is 1.71. The zero-order chi connectivity index (χ0) is 20.6. The highest BCUT2D eigenvalue weighted by Crippen LogP contribution is 2.35. The van der Waals surface area contributed by atoms with Crippen LogP contribution in [-0.4, -0.2) is 29.7 Å². The van der Waals surface area contributed by atoms with Crippen molar-refractivity contribution in [1.29, 1.82) is 0 Å². The van der Waals surface area contributed by atoms with Gasteiger partial charge in [-0.05, 0) is 47.5 Å². The summed E-state index contributed by atoms with van der Waals surface area (Å²) in [5, 5.41) is -0.202. The van der Waals surface area contributed by atoms with Crippen LogP contribution in [0.5, 0.6) is 11.5 Å². The van der Waals surface area contributed by atoms with Crippen LogP contribution in [0.2, 0.25) is 0 Å². The Hall–Kier alpha value is -2.73. The molecule has 0 radical (unpaired) electrons. The van der Waals surface area contributed by atoms with Crippen molar-refractivity contribution in [1.82, 2.24) is 4.90 Å². The number of nitrogens with zero attached hydrogens (tertiary/aromatic N) is 1. The standard InChI is InChI=1S/C23H25NO4S/c1-3-4-8-13-24-22(25)21(29-23(24)26)15-18-11-12-19(20(14-18)27-2)28-16-17-9-6-5-7-10-17/h5-7,9-12,14-15H,3-4,8,13,16H2,1-2H3/b21-15-. The molecule has 0 atom stereocenters. The van der Waals surface area contributed by atoms with Crippen molar-refractivity contribution in [3.63, 3.8) is 0 Å². The molecule has 2 amide bonds. The fourth-order valence-electron chi connectivity index (χ4n) is 2.99. The van der Waals surface area contributed by atoms with Gasteiger partial charge < -0.3 is 9.47 Å². The molecule has 1 aliphatic rings. The smallest absolute Gasteiger partial charge is 0.293 e. The molecule has 1 aliphatic heterocycles. The van der Waals surface area contributed by atoms with Gasteiger partial charge in [0.2, 0.25) is 0 Å². The number of carbonyl (C=O) groups excluding carboxylic acids is 2. The van der Waals surface area contributed by atoms with Crippen LogP contribution in [-0.2, 0) is 11.4 Å². The number of amides is 2. The second kappa shape index (κ2) is 10.2. The second-order valence-electron chi connectivity index (χ2n) is 6.73. The molecule has 0 unspecified atom stereocenters. The minimum absolute atomic E-state index is 0.202. The molecule has 1 saturated heterocycles. The lowest BCUT2D eigenvalue weighted by Gasteiger charge is -2.12. The van der Waals surface area contributed by atoms with E-state index in [1.165, 1.54) is 4.90 Å². The van der Waals surface area contributed by atoms with Crippen LogP contribution in [0.25, 0.3) is 6.08 Å². The van der Waals surface area contributed by atoms with Crippen LogP contribution in [0.15, 0.2) is 53.4 Å². The van der Waals surface area contributed by atoms with Gasteiger partial charge in [0, 0.05) is 6.54 Å². The Bertz CT molecular complexity index is 895. The van der Waals surface area contributed by atoms with Crippen molar-refractivity contribution in [3.8, 4) is 11.5 Å². The maximum absolute atomic E-state index is 12.6. The number of ether oxygens (including phenoxy) is 2. The Morgan fingerprint density at radius 3 is 2.55 bits per heavy atom. The molecule has 1 heterocycles. The molecule has 5 nitrogen and oxygen atoms in total. The van der Waals surface area contributed by atoms with Crippen LogP contribution in [0.4, 0.5) is 4.79 Å². The molecule has 2 aromatic carbocycles. The van der Waals surface area contributed by atoms with Gasteiger partial charge in [-0.3, -0.25) is 14.5 Å². The van der Waals surface area contributed by atoms with Crippen LogP contribution < -0.4 is 9.47 Å². The fraction of sp³-hybridized carbons (Fsp3) is 0.304. The fourth-order valence-corrected chi connectivity index (χ4v) is 3.86. The topological polar surface area (TPSA) is 55.8 Å². The van der Waals surface area contributed by atoms with E-state index in [-0.39, 0.29) is 11.1 Å². The summed E-state index contributed by atoms with van der Waals surface area (Å²) in [4.78, 5) is 26.5. The van der Waals surface area contributed by atoms with Gasteiger partial charge in [-0.1, -0.05) is 56.2 Å². The van der Waals surface area contributed by atoms with Gasteiger partial charge in [-0.2, -0.15) is 0 Å². The molecule has 6 heteroatoms. The normalized spacial score (nSPS) is 15.2. The van der Waals surface area contributed by atoms with E-state index in [1.807, 2.05) is 48.5 Å². The lowest BCUT2D eigenvalue weighted by Crippen LogP contribution is -2.29. The Morgan fingerprint density at radius 2 is 1.83 bits per heavy atom. The first kappa shape index (κ1) is 21.0. The molecular weight excluding hydrogens is 386 g/mol. The van der Waals surface area contributed by atoms with Gasteiger partial charge in [0.05, 0.1) is 12.0 Å². The molecule has 3 rings (SSSR count). The third-order valence-electron chi connectivity index (χ3n) is 4.58. The lowest BCUT2D eigenvalue weighted by molar-refractivity contribution is -0.122. The van der Waals surface area contributed by atoms with Crippen molar-refractivity contribution in [3.05, 3.63) is 64.6 Å². The van der Waals surface area contributed by atoms with Gasteiger partial charge in [-0.15, -0.1) is 0 Å². The third-order valence-corrected chi connectivity index (χ3v) is 5.49. The van der Waals surface area contributed by atoms with E-state index in [1.54, 1.807) is 13.2 Å². The number of methoxy groups -OCH3 is 1. The van der Waals surface area contributed by atoms with Crippen molar-refractivity contribution < 1.29 is 19.1 Å². The first-order valence-electron chi connectivity index (χ1n) is 9.72. The Morgan fingerprint density at radius 1 is 1.03 bits per heavy atom. The maximum atomic E-state index is 12.6. The molecule has 0 saturated carbocycles. The number of thioether (sulfide) groups is 1. The lowest BCUT2D eigenvalue weighted by atomic mass is 10.1. The monoisotopic (exact) mass is 411 g/mol. The highest BCUT2D eigenvalue weighted by molar-refractivity contribution is 8.18. The summed E-state index contributed by atoms with van der Waals surface area (Å²) in [5.74, 6) is 0.984. The average Bonchev–Trinajstić information content (AvgIpc) is 3.01. The van der Waals surface area contributed by atoms with Crippen molar-refractivity contribution in [2.45, 2.75) is 32.8 Å². The van der Waals surface area contributed by atoms with Crippen LogP contribution in [0.1, 0.15) is 37.3 Å². The molecule has 0 bridgehead atoms. The largest absolute Gasteiger partial charge is 0.493 e. The Kier molecular flexibility index (Phi) is 7.36. The van der Waals surface area contributed by atoms with Gasteiger partial charge >= 0.3 is 0 Å². The molecule has 0 aromatic heterocycles. The van der Waals surface area contributed by atoms with E-state index in [4.69, 9.17) is 9.47 Å². The summed E-state index contributed by atoms with van der Waals surface area (Å²) in [6, 6.07) is 15.4. The molecule has 29 heavy (non-hydrogen) atoms. The van der Waals surface area contributed by atoms with Crippen LogP contribution in [0.3, 0.4) is 0 Å². The van der Waals surface area contributed by atoms with Gasteiger partial charge in [0.15, 0.2) is 11.5 Å². The summed E-state index contributed by atoms with van der Waals surface area (Å²) < 4.78 is 11.3. The highest BCUT2D eigenvalue weighted by Gasteiger charge is 2.34. The Labute approximate surface area is 175 Å². The molecule has 0 aliphatic carbocycles. The third kappa shape index (κ3) is 5.41. The quantitative estimate of drug-likeness (QED) is 0.403. The van der Waals surface area contributed by atoms with Crippen molar-refractivity contribution >= 4 is 29.0 Å². The molecule has 152 valence electrons. The molecule has 1 fully saturated rings.